The fourth-order valence-electron chi connectivity index (χ4n) is 5.76. The van der Waals surface area contributed by atoms with Gasteiger partial charge in [0.1, 0.15) is 12.0 Å². The van der Waals surface area contributed by atoms with E-state index in [1.54, 1.807) is 6.07 Å². The van der Waals surface area contributed by atoms with Crippen LogP contribution in [-0.2, 0) is 4.79 Å². The summed E-state index contributed by atoms with van der Waals surface area (Å²) in [6.45, 7) is 4.17. The molecule has 2 fully saturated rings. The van der Waals surface area contributed by atoms with Gasteiger partial charge in [0.05, 0.1) is 0 Å². The number of nitrogens with two attached hydrogens (primary N) is 1. The van der Waals surface area contributed by atoms with Gasteiger partial charge in [-0.3, -0.25) is 10.1 Å². The van der Waals surface area contributed by atoms with Gasteiger partial charge in [0.25, 0.3) is 5.91 Å². The van der Waals surface area contributed by atoms with E-state index < -0.39 is 12.1 Å². The summed E-state index contributed by atoms with van der Waals surface area (Å²) in [6.07, 6.45) is 0.395. The average molecular weight is 463 g/mol. The van der Waals surface area contributed by atoms with E-state index in [0.717, 1.165) is 12.0 Å². The fraction of sp³-hybridized carbons (Fsp3) is 0.458. The standard InChI is InChI=1S/C24H28Cl2N2O3/c1-12-9-18(17-8-7-16(10-19(17)26)31-11-20(27)29)23(14-3-5-15(25)6-4-14)22-13(2)28-24(30)21(12)22/h3-8,10,12-13,18,21-24,28,30H,9,11H2,1-2H3,(H2,27,29)/t12-,13-,18+,21-,22-,23+,24?/m1/s1. The summed E-state index contributed by atoms with van der Waals surface area (Å²) >= 11 is 12.9. The van der Waals surface area contributed by atoms with E-state index in [0.29, 0.717) is 21.7 Å². The van der Waals surface area contributed by atoms with E-state index in [1.807, 2.05) is 24.3 Å². The van der Waals surface area contributed by atoms with Gasteiger partial charge < -0.3 is 15.6 Å². The summed E-state index contributed by atoms with van der Waals surface area (Å²) < 4.78 is 5.42. The van der Waals surface area contributed by atoms with Crippen molar-refractivity contribution in [3.8, 4) is 5.75 Å². The van der Waals surface area contributed by atoms with E-state index in [4.69, 9.17) is 33.7 Å². The Hall–Kier alpha value is -1.79. The third-order valence-electron chi connectivity index (χ3n) is 6.96. The van der Waals surface area contributed by atoms with Crippen molar-refractivity contribution < 1.29 is 14.6 Å². The van der Waals surface area contributed by atoms with Crippen LogP contribution in [0.4, 0.5) is 0 Å². The maximum absolute atomic E-state index is 11.0. The molecular formula is C24H28Cl2N2O3. The second-order valence-electron chi connectivity index (χ2n) is 8.89. The lowest BCUT2D eigenvalue weighted by atomic mass is 9.58. The summed E-state index contributed by atoms with van der Waals surface area (Å²) in [5.41, 5.74) is 7.42. The number of hydrogen-bond donors (Lipinski definition) is 3. The number of primary amides is 1. The van der Waals surface area contributed by atoms with Crippen LogP contribution in [0.5, 0.6) is 5.75 Å². The molecule has 7 atom stereocenters. The van der Waals surface area contributed by atoms with E-state index in [9.17, 15) is 9.90 Å². The Labute approximate surface area is 192 Å². The molecule has 2 aromatic rings. The van der Waals surface area contributed by atoms with E-state index in [1.165, 1.54) is 5.56 Å². The smallest absolute Gasteiger partial charge is 0.255 e. The van der Waals surface area contributed by atoms with Crippen LogP contribution in [0.25, 0.3) is 0 Å². The first-order chi connectivity index (χ1) is 14.8. The molecular weight excluding hydrogens is 435 g/mol. The lowest BCUT2D eigenvalue weighted by Gasteiger charge is -2.46. The zero-order valence-corrected chi connectivity index (χ0v) is 19.1. The highest BCUT2D eigenvalue weighted by Crippen LogP contribution is 2.56. The number of ether oxygens (including phenoxy) is 1. The molecule has 1 saturated heterocycles. The number of aliphatic hydroxyl groups excluding tert-OH is 1. The third-order valence-corrected chi connectivity index (χ3v) is 7.54. The highest BCUT2D eigenvalue weighted by Gasteiger charge is 2.53. The first kappa shape index (κ1) is 22.4. The minimum atomic E-state index is -0.531. The predicted molar refractivity (Wildman–Crippen MR) is 122 cm³/mol. The zero-order valence-electron chi connectivity index (χ0n) is 17.6. The SMILES string of the molecule is C[C@@H]1C[C@@H](c2ccc(OCC(N)=O)cc2Cl)[C@H](c2ccc(Cl)cc2)[C@H]2[C@@H]1C(O)N[C@@H]2C. The van der Waals surface area contributed by atoms with E-state index in [2.05, 4.69) is 31.3 Å². The molecule has 5 nitrogen and oxygen atoms in total. The lowest BCUT2D eigenvalue weighted by Crippen LogP contribution is -2.40. The Bertz CT molecular complexity index is 952. The van der Waals surface area contributed by atoms with Crippen LogP contribution in [0.1, 0.15) is 43.2 Å². The molecule has 2 aliphatic rings. The summed E-state index contributed by atoms with van der Waals surface area (Å²) in [5, 5.41) is 15.4. The monoisotopic (exact) mass is 462 g/mol. The molecule has 31 heavy (non-hydrogen) atoms. The molecule has 7 heteroatoms. The Balaban J connectivity index is 1.74. The van der Waals surface area contributed by atoms with Crippen molar-refractivity contribution in [2.75, 3.05) is 6.61 Å². The lowest BCUT2D eigenvalue weighted by molar-refractivity contribution is -0.119. The van der Waals surface area contributed by atoms with Crippen LogP contribution in [0.15, 0.2) is 42.5 Å². The topological polar surface area (TPSA) is 84.6 Å². The second-order valence-corrected chi connectivity index (χ2v) is 9.73. The minimum Gasteiger partial charge on any atom is -0.484 e. The van der Waals surface area contributed by atoms with Crippen molar-refractivity contribution in [3.05, 3.63) is 63.6 Å². The van der Waals surface area contributed by atoms with Crippen molar-refractivity contribution >= 4 is 29.1 Å². The van der Waals surface area contributed by atoms with Crippen LogP contribution in [0.3, 0.4) is 0 Å². The van der Waals surface area contributed by atoms with Crippen LogP contribution in [-0.4, -0.2) is 29.9 Å². The third kappa shape index (κ3) is 4.42. The number of nitrogens with one attached hydrogen (secondary N) is 1. The van der Waals surface area contributed by atoms with Gasteiger partial charge in [-0.25, -0.2) is 0 Å². The van der Waals surface area contributed by atoms with Crippen molar-refractivity contribution in [3.63, 3.8) is 0 Å². The molecule has 2 aromatic carbocycles. The first-order valence-corrected chi connectivity index (χ1v) is 11.4. The van der Waals surface area contributed by atoms with Crippen molar-refractivity contribution in [2.45, 2.75) is 44.4 Å². The maximum Gasteiger partial charge on any atom is 0.255 e. The number of carbonyl (C=O) groups excluding carboxylic acids is 1. The maximum atomic E-state index is 11.0. The van der Waals surface area contributed by atoms with Gasteiger partial charge in [0.2, 0.25) is 0 Å². The van der Waals surface area contributed by atoms with Crippen LogP contribution in [0, 0.1) is 17.8 Å². The molecule has 1 amide bonds. The van der Waals surface area contributed by atoms with Gasteiger partial charge >= 0.3 is 0 Å². The molecule has 0 aromatic heterocycles. The molecule has 166 valence electrons. The molecule has 1 unspecified atom stereocenters. The van der Waals surface area contributed by atoms with Crippen LogP contribution < -0.4 is 15.8 Å². The zero-order chi connectivity index (χ0) is 22.3. The molecule has 1 heterocycles. The van der Waals surface area contributed by atoms with Gasteiger partial charge in [-0.15, -0.1) is 0 Å². The van der Waals surface area contributed by atoms with Crippen molar-refractivity contribution in [1.82, 2.24) is 5.32 Å². The van der Waals surface area contributed by atoms with Crippen molar-refractivity contribution in [2.24, 2.45) is 23.5 Å². The number of halogens is 2. The molecule has 0 bridgehead atoms. The average Bonchev–Trinajstić information content (AvgIpc) is 3.02. The number of carbonyl (C=O) groups is 1. The molecule has 0 radical (unpaired) electrons. The summed E-state index contributed by atoms with van der Waals surface area (Å²) in [5.74, 6) is 1.08. The van der Waals surface area contributed by atoms with Gasteiger partial charge in [-0.2, -0.15) is 0 Å². The van der Waals surface area contributed by atoms with Crippen molar-refractivity contribution in [1.29, 1.82) is 0 Å². The number of hydrogen-bond acceptors (Lipinski definition) is 4. The summed E-state index contributed by atoms with van der Waals surface area (Å²) in [4.78, 5) is 11.0. The molecule has 1 saturated carbocycles. The predicted octanol–water partition coefficient (Wildman–Crippen LogP) is 4.31. The Morgan fingerprint density at radius 2 is 1.87 bits per heavy atom. The Kier molecular flexibility index (Phi) is 6.50. The van der Waals surface area contributed by atoms with Gasteiger partial charge in [0.15, 0.2) is 6.61 Å². The molecule has 4 N–H and O–H groups in total. The summed E-state index contributed by atoms with van der Waals surface area (Å²) in [6, 6.07) is 13.8. The molecule has 1 aliphatic heterocycles. The highest BCUT2D eigenvalue weighted by molar-refractivity contribution is 6.31. The van der Waals surface area contributed by atoms with Gasteiger partial charge in [-0.1, -0.05) is 48.3 Å². The first-order valence-electron chi connectivity index (χ1n) is 10.7. The van der Waals surface area contributed by atoms with E-state index >= 15 is 0 Å². The highest BCUT2D eigenvalue weighted by atomic mass is 35.5. The largest absolute Gasteiger partial charge is 0.484 e. The molecule has 4 rings (SSSR count). The Morgan fingerprint density at radius 3 is 2.52 bits per heavy atom. The second kappa shape index (κ2) is 8.99. The number of rotatable bonds is 5. The quantitative estimate of drug-likeness (QED) is 0.617. The number of aliphatic hydroxyl groups is 1. The molecule has 1 aliphatic carbocycles. The number of amides is 1. The summed E-state index contributed by atoms with van der Waals surface area (Å²) in [7, 11) is 0. The number of benzene rings is 2. The fourth-order valence-corrected chi connectivity index (χ4v) is 6.20. The van der Waals surface area contributed by atoms with Gasteiger partial charge in [0, 0.05) is 22.0 Å². The van der Waals surface area contributed by atoms with Gasteiger partial charge in [-0.05, 0) is 72.4 Å². The van der Waals surface area contributed by atoms with Crippen LogP contribution >= 0.6 is 23.2 Å². The number of fused-ring (bicyclic) bond motifs is 1. The molecule has 0 spiro atoms. The van der Waals surface area contributed by atoms with Crippen LogP contribution in [0.2, 0.25) is 10.0 Å². The minimum absolute atomic E-state index is 0.169. The normalized spacial score (nSPS) is 32.5. The Morgan fingerprint density at radius 1 is 1.16 bits per heavy atom. The van der Waals surface area contributed by atoms with E-state index in [-0.39, 0.29) is 36.3 Å².